The first kappa shape index (κ1) is 22.9. The van der Waals surface area contributed by atoms with Crippen LogP contribution in [0.25, 0.3) is 0 Å². The smallest absolute Gasteiger partial charge is 0.253 e. The Hall–Kier alpha value is -2.82. The molecule has 1 heterocycles. The van der Waals surface area contributed by atoms with E-state index >= 15 is 0 Å². The SMILES string of the molecule is CCCCCC(=O)Nc1ccc(N2CCCCC2)c(C(=O)N[C@@H](C)c2ccccc2)c1. The van der Waals surface area contributed by atoms with Crippen LogP contribution >= 0.6 is 0 Å². The zero-order valence-electron chi connectivity index (χ0n) is 18.8. The summed E-state index contributed by atoms with van der Waals surface area (Å²) in [5, 5.41) is 6.11. The van der Waals surface area contributed by atoms with E-state index in [4.69, 9.17) is 0 Å². The van der Waals surface area contributed by atoms with Gasteiger partial charge in [0.1, 0.15) is 0 Å². The van der Waals surface area contributed by atoms with Gasteiger partial charge in [-0.05, 0) is 56.4 Å². The molecule has 0 aromatic heterocycles. The predicted octanol–water partition coefficient (Wildman–Crippen LogP) is 5.69. The average Bonchev–Trinajstić information content (AvgIpc) is 2.80. The van der Waals surface area contributed by atoms with Crippen LogP contribution in [0, 0.1) is 0 Å². The van der Waals surface area contributed by atoms with Crippen LogP contribution in [0.2, 0.25) is 0 Å². The molecule has 1 saturated heterocycles. The summed E-state index contributed by atoms with van der Waals surface area (Å²) in [6, 6.07) is 15.6. The third-order valence-electron chi connectivity index (χ3n) is 5.88. The van der Waals surface area contributed by atoms with Crippen molar-refractivity contribution >= 4 is 23.2 Å². The molecule has 1 aliphatic rings. The third kappa shape index (κ3) is 6.58. The maximum atomic E-state index is 13.3. The van der Waals surface area contributed by atoms with Crippen molar-refractivity contribution in [3.8, 4) is 0 Å². The Labute approximate surface area is 186 Å². The molecule has 31 heavy (non-hydrogen) atoms. The Bertz CT molecular complexity index is 860. The number of rotatable bonds is 9. The molecule has 2 amide bonds. The van der Waals surface area contributed by atoms with Gasteiger partial charge >= 0.3 is 0 Å². The van der Waals surface area contributed by atoms with Crippen molar-refractivity contribution in [3.05, 3.63) is 59.7 Å². The van der Waals surface area contributed by atoms with E-state index in [2.05, 4.69) is 22.5 Å². The molecule has 166 valence electrons. The Morgan fingerprint density at radius 1 is 1.00 bits per heavy atom. The van der Waals surface area contributed by atoms with Gasteiger partial charge in [-0.2, -0.15) is 0 Å². The zero-order valence-corrected chi connectivity index (χ0v) is 18.8. The molecular formula is C26H35N3O2. The van der Waals surface area contributed by atoms with Crippen LogP contribution in [-0.4, -0.2) is 24.9 Å². The summed E-state index contributed by atoms with van der Waals surface area (Å²) in [5.41, 5.74) is 3.31. The van der Waals surface area contributed by atoms with E-state index in [0.717, 1.165) is 56.4 Å². The van der Waals surface area contributed by atoms with Crippen LogP contribution in [0.5, 0.6) is 0 Å². The number of carbonyl (C=O) groups excluding carboxylic acids is 2. The molecule has 2 aromatic carbocycles. The molecule has 0 spiro atoms. The summed E-state index contributed by atoms with van der Waals surface area (Å²) >= 11 is 0. The second kappa shape index (κ2) is 11.5. The maximum absolute atomic E-state index is 13.3. The summed E-state index contributed by atoms with van der Waals surface area (Å²) in [7, 11) is 0. The van der Waals surface area contributed by atoms with Crippen molar-refractivity contribution < 1.29 is 9.59 Å². The van der Waals surface area contributed by atoms with Crippen molar-refractivity contribution in [3.63, 3.8) is 0 Å². The second-order valence-electron chi connectivity index (χ2n) is 8.39. The molecule has 0 bridgehead atoms. The lowest BCUT2D eigenvalue weighted by molar-refractivity contribution is -0.116. The normalized spacial score (nSPS) is 14.7. The fourth-order valence-corrected chi connectivity index (χ4v) is 4.06. The number of unbranched alkanes of at least 4 members (excludes halogenated alkanes) is 2. The molecule has 0 radical (unpaired) electrons. The number of carbonyl (C=O) groups is 2. The molecule has 0 unspecified atom stereocenters. The highest BCUT2D eigenvalue weighted by Gasteiger charge is 2.21. The van der Waals surface area contributed by atoms with Gasteiger partial charge in [-0.25, -0.2) is 0 Å². The van der Waals surface area contributed by atoms with E-state index in [1.165, 1.54) is 6.42 Å². The summed E-state index contributed by atoms with van der Waals surface area (Å²) in [5.74, 6) is -0.109. The second-order valence-corrected chi connectivity index (χ2v) is 8.39. The maximum Gasteiger partial charge on any atom is 0.253 e. The van der Waals surface area contributed by atoms with Crippen molar-refractivity contribution in [1.82, 2.24) is 5.32 Å². The Balaban J connectivity index is 1.79. The lowest BCUT2D eigenvalue weighted by Crippen LogP contribution is -2.33. The first-order chi connectivity index (χ1) is 15.1. The first-order valence-electron chi connectivity index (χ1n) is 11.6. The molecule has 1 aliphatic heterocycles. The summed E-state index contributed by atoms with van der Waals surface area (Å²) in [4.78, 5) is 27.9. The summed E-state index contributed by atoms with van der Waals surface area (Å²) in [6.45, 7) is 6.03. The minimum absolute atomic E-state index is 0.00295. The van der Waals surface area contributed by atoms with Crippen LogP contribution in [0.15, 0.2) is 48.5 Å². The minimum atomic E-state index is -0.112. The van der Waals surface area contributed by atoms with E-state index in [1.54, 1.807) is 0 Å². The Morgan fingerprint density at radius 3 is 2.45 bits per heavy atom. The topological polar surface area (TPSA) is 61.4 Å². The minimum Gasteiger partial charge on any atom is -0.371 e. The molecule has 0 saturated carbocycles. The molecule has 5 heteroatoms. The number of benzene rings is 2. The van der Waals surface area contributed by atoms with Gasteiger partial charge in [0.15, 0.2) is 0 Å². The fraction of sp³-hybridized carbons (Fsp3) is 0.462. The molecule has 1 atom stereocenters. The van der Waals surface area contributed by atoms with Gasteiger partial charge in [0.05, 0.1) is 11.6 Å². The number of amides is 2. The van der Waals surface area contributed by atoms with Crippen molar-refractivity contribution in [2.75, 3.05) is 23.3 Å². The van der Waals surface area contributed by atoms with Crippen LogP contribution < -0.4 is 15.5 Å². The van der Waals surface area contributed by atoms with E-state index in [-0.39, 0.29) is 17.9 Å². The highest BCUT2D eigenvalue weighted by Crippen LogP contribution is 2.28. The van der Waals surface area contributed by atoms with Gasteiger partial charge in [-0.3, -0.25) is 9.59 Å². The molecule has 5 nitrogen and oxygen atoms in total. The van der Waals surface area contributed by atoms with Crippen molar-refractivity contribution in [2.45, 2.75) is 64.8 Å². The van der Waals surface area contributed by atoms with E-state index in [0.29, 0.717) is 17.7 Å². The van der Waals surface area contributed by atoms with Gasteiger partial charge in [0.2, 0.25) is 5.91 Å². The highest BCUT2D eigenvalue weighted by molar-refractivity contribution is 6.02. The number of nitrogens with one attached hydrogen (secondary N) is 2. The van der Waals surface area contributed by atoms with Crippen LogP contribution in [0.1, 0.15) is 80.8 Å². The summed E-state index contributed by atoms with van der Waals surface area (Å²) in [6.07, 6.45) is 7.03. The molecule has 2 aromatic rings. The third-order valence-corrected chi connectivity index (χ3v) is 5.88. The van der Waals surface area contributed by atoms with Crippen molar-refractivity contribution in [1.29, 1.82) is 0 Å². The van der Waals surface area contributed by atoms with Crippen molar-refractivity contribution in [2.24, 2.45) is 0 Å². The van der Waals surface area contributed by atoms with Gasteiger partial charge in [0.25, 0.3) is 5.91 Å². The number of anilines is 2. The Morgan fingerprint density at radius 2 is 1.74 bits per heavy atom. The molecule has 1 fully saturated rings. The lowest BCUT2D eigenvalue weighted by Gasteiger charge is -2.31. The summed E-state index contributed by atoms with van der Waals surface area (Å²) < 4.78 is 0. The monoisotopic (exact) mass is 421 g/mol. The average molecular weight is 422 g/mol. The largest absolute Gasteiger partial charge is 0.371 e. The molecule has 0 aliphatic carbocycles. The van der Waals surface area contributed by atoms with E-state index < -0.39 is 0 Å². The van der Waals surface area contributed by atoms with Gasteiger partial charge < -0.3 is 15.5 Å². The van der Waals surface area contributed by atoms with Crippen LogP contribution in [-0.2, 0) is 4.79 Å². The number of piperidine rings is 1. The Kier molecular flexibility index (Phi) is 8.51. The number of hydrogen-bond acceptors (Lipinski definition) is 3. The van der Waals surface area contributed by atoms with E-state index in [9.17, 15) is 9.59 Å². The molecule has 2 N–H and O–H groups in total. The first-order valence-corrected chi connectivity index (χ1v) is 11.6. The van der Waals surface area contributed by atoms with Crippen LogP contribution in [0.4, 0.5) is 11.4 Å². The fourth-order valence-electron chi connectivity index (χ4n) is 4.06. The standard InChI is InChI=1S/C26H35N3O2/c1-3-4-7-14-25(30)28-22-15-16-24(29-17-10-6-11-18-29)23(19-22)26(31)27-20(2)21-12-8-5-9-13-21/h5,8-9,12-13,15-16,19-20H,3-4,6-7,10-11,14,17-18H2,1-2H3,(H,27,31)(H,28,30)/t20-/m0/s1. The number of nitrogens with zero attached hydrogens (tertiary/aromatic N) is 1. The zero-order chi connectivity index (χ0) is 22.1. The predicted molar refractivity (Wildman–Crippen MR) is 128 cm³/mol. The highest BCUT2D eigenvalue weighted by atomic mass is 16.2. The number of hydrogen-bond donors (Lipinski definition) is 2. The molecular weight excluding hydrogens is 386 g/mol. The lowest BCUT2D eigenvalue weighted by atomic mass is 10.0. The van der Waals surface area contributed by atoms with E-state index in [1.807, 2.05) is 55.5 Å². The van der Waals surface area contributed by atoms with Gasteiger partial charge in [0, 0.05) is 30.9 Å². The quantitative estimate of drug-likeness (QED) is 0.512. The van der Waals surface area contributed by atoms with Gasteiger partial charge in [-0.1, -0.05) is 50.1 Å². The molecule has 3 rings (SSSR count). The van der Waals surface area contributed by atoms with Gasteiger partial charge in [-0.15, -0.1) is 0 Å². The van der Waals surface area contributed by atoms with Crippen LogP contribution in [0.3, 0.4) is 0 Å².